The summed E-state index contributed by atoms with van der Waals surface area (Å²) in [4.78, 5) is 0. The molecule has 0 aliphatic heterocycles. The van der Waals surface area contributed by atoms with Crippen molar-refractivity contribution in [1.82, 2.24) is 14.9 Å². The van der Waals surface area contributed by atoms with Gasteiger partial charge in [0.05, 0.1) is 5.69 Å². The van der Waals surface area contributed by atoms with Crippen molar-refractivity contribution in [2.45, 2.75) is 53.6 Å². The van der Waals surface area contributed by atoms with E-state index in [-0.39, 0.29) is 0 Å². The van der Waals surface area contributed by atoms with E-state index in [9.17, 15) is 0 Å². The summed E-state index contributed by atoms with van der Waals surface area (Å²) in [7, 11) is 0. The average Bonchev–Trinajstić information content (AvgIpc) is 2.90. The predicted octanol–water partition coefficient (Wildman–Crippen LogP) is 3.24. The lowest BCUT2D eigenvalue weighted by Crippen LogP contribution is -2.06. The zero-order valence-electron chi connectivity index (χ0n) is 12.3. The fraction of sp³-hybridized carbons (Fsp3) is 0.571. The Balaban J connectivity index is 2.10. The number of nitrogens with zero attached hydrogens (tertiary/aromatic N) is 3. The number of rotatable bonds is 5. The van der Waals surface area contributed by atoms with Crippen molar-refractivity contribution in [1.29, 1.82) is 0 Å². The molecule has 0 saturated heterocycles. The molecular weight excluding hydrogens is 240 g/mol. The van der Waals surface area contributed by atoms with Crippen LogP contribution in [0, 0.1) is 13.8 Å². The second-order valence-corrected chi connectivity index (χ2v) is 5.09. The Bertz CT molecular complexity index is 554. The van der Waals surface area contributed by atoms with Gasteiger partial charge in [0.1, 0.15) is 11.6 Å². The first-order valence-electron chi connectivity index (χ1n) is 6.77. The zero-order chi connectivity index (χ0) is 14.0. The molecule has 0 unspecified atom stereocenters. The smallest absolute Gasteiger partial charge is 0.148 e. The van der Waals surface area contributed by atoms with Crippen LogP contribution in [-0.2, 0) is 13.0 Å². The van der Waals surface area contributed by atoms with Crippen LogP contribution in [0.2, 0.25) is 0 Å². The van der Waals surface area contributed by atoms with Crippen molar-refractivity contribution in [3.05, 3.63) is 28.8 Å². The predicted molar refractivity (Wildman–Crippen MR) is 75.3 cm³/mol. The van der Waals surface area contributed by atoms with Gasteiger partial charge in [0.25, 0.3) is 0 Å². The highest BCUT2D eigenvalue weighted by Gasteiger charge is 2.12. The van der Waals surface area contributed by atoms with Gasteiger partial charge in [0.2, 0.25) is 0 Å². The van der Waals surface area contributed by atoms with E-state index in [0.717, 1.165) is 35.0 Å². The van der Waals surface area contributed by atoms with Gasteiger partial charge in [0, 0.05) is 36.3 Å². The molecule has 5 nitrogen and oxygen atoms in total. The Kier molecular flexibility index (Phi) is 3.93. The molecule has 0 bridgehead atoms. The van der Waals surface area contributed by atoms with Gasteiger partial charge < -0.3 is 9.84 Å². The van der Waals surface area contributed by atoms with Crippen LogP contribution in [0.4, 0.5) is 5.82 Å². The Morgan fingerprint density at radius 1 is 1.37 bits per heavy atom. The molecule has 0 spiro atoms. The molecule has 2 heterocycles. The third-order valence-corrected chi connectivity index (χ3v) is 3.25. The number of anilines is 1. The minimum atomic E-state index is 0.374. The van der Waals surface area contributed by atoms with Gasteiger partial charge in [-0.2, -0.15) is 5.10 Å². The summed E-state index contributed by atoms with van der Waals surface area (Å²) in [5, 5.41) is 11.9. The van der Waals surface area contributed by atoms with Gasteiger partial charge in [-0.3, -0.25) is 4.68 Å². The number of aryl methyl sites for hydroxylation is 3. The van der Waals surface area contributed by atoms with Crippen LogP contribution in [0.1, 0.15) is 49.5 Å². The topological polar surface area (TPSA) is 55.9 Å². The lowest BCUT2D eigenvalue weighted by molar-refractivity contribution is 0.382. The van der Waals surface area contributed by atoms with Crippen LogP contribution in [0.3, 0.4) is 0 Å². The Morgan fingerprint density at radius 3 is 2.68 bits per heavy atom. The summed E-state index contributed by atoms with van der Waals surface area (Å²) >= 11 is 0. The molecule has 0 amide bonds. The first-order chi connectivity index (χ1) is 9.02. The maximum absolute atomic E-state index is 5.28. The van der Waals surface area contributed by atoms with Crippen LogP contribution in [-0.4, -0.2) is 14.9 Å². The van der Waals surface area contributed by atoms with E-state index >= 15 is 0 Å². The van der Waals surface area contributed by atoms with Crippen LogP contribution in [0.5, 0.6) is 0 Å². The van der Waals surface area contributed by atoms with Crippen LogP contribution < -0.4 is 5.32 Å². The second-order valence-electron chi connectivity index (χ2n) is 5.09. The molecule has 0 radical (unpaired) electrons. The van der Waals surface area contributed by atoms with E-state index in [0.29, 0.717) is 12.6 Å². The molecule has 0 aromatic carbocycles. The highest BCUT2D eigenvalue weighted by Crippen LogP contribution is 2.18. The van der Waals surface area contributed by atoms with E-state index in [1.54, 1.807) is 0 Å². The summed E-state index contributed by atoms with van der Waals surface area (Å²) in [5.74, 6) is 1.85. The van der Waals surface area contributed by atoms with Crippen molar-refractivity contribution in [3.8, 4) is 0 Å². The van der Waals surface area contributed by atoms with Gasteiger partial charge in [-0.1, -0.05) is 12.1 Å². The first kappa shape index (κ1) is 13.6. The molecule has 0 aliphatic rings. The standard InChI is InChI=1S/C14H22N4O/c1-6-13-12(11(5)17-19-13)8-15-14-7-10(4)18(16-14)9(2)3/h7,9H,6,8H2,1-5H3,(H,15,16). The lowest BCUT2D eigenvalue weighted by Gasteiger charge is -2.07. The van der Waals surface area contributed by atoms with E-state index in [1.165, 1.54) is 0 Å². The zero-order valence-corrected chi connectivity index (χ0v) is 12.3. The summed E-state index contributed by atoms with van der Waals surface area (Å²) in [6, 6.07) is 2.44. The maximum Gasteiger partial charge on any atom is 0.148 e. The molecule has 0 aliphatic carbocycles. The fourth-order valence-electron chi connectivity index (χ4n) is 2.22. The van der Waals surface area contributed by atoms with Gasteiger partial charge in [0.15, 0.2) is 0 Å². The minimum absolute atomic E-state index is 0.374. The summed E-state index contributed by atoms with van der Waals surface area (Å²) in [5.41, 5.74) is 3.25. The highest BCUT2D eigenvalue weighted by molar-refractivity contribution is 5.38. The van der Waals surface area contributed by atoms with Gasteiger partial charge >= 0.3 is 0 Å². The summed E-state index contributed by atoms with van der Waals surface area (Å²) < 4.78 is 7.30. The maximum atomic E-state index is 5.28. The van der Waals surface area contributed by atoms with Crippen LogP contribution in [0.15, 0.2) is 10.6 Å². The highest BCUT2D eigenvalue weighted by atomic mass is 16.5. The van der Waals surface area contributed by atoms with Crippen molar-refractivity contribution in [2.24, 2.45) is 0 Å². The molecule has 0 saturated carbocycles. The molecule has 2 aromatic heterocycles. The number of hydrogen-bond acceptors (Lipinski definition) is 4. The first-order valence-corrected chi connectivity index (χ1v) is 6.77. The SMILES string of the molecule is CCc1onc(C)c1CNc1cc(C)n(C(C)C)n1. The van der Waals surface area contributed by atoms with Crippen molar-refractivity contribution in [3.63, 3.8) is 0 Å². The number of nitrogens with one attached hydrogen (secondary N) is 1. The van der Waals surface area contributed by atoms with Gasteiger partial charge in [-0.25, -0.2) is 0 Å². The number of aromatic nitrogens is 3. The Labute approximate surface area is 114 Å². The van der Waals surface area contributed by atoms with Crippen molar-refractivity contribution < 1.29 is 4.52 Å². The molecule has 104 valence electrons. The molecule has 2 aromatic rings. The summed E-state index contributed by atoms with van der Waals surface area (Å²) in [6.07, 6.45) is 0.858. The minimum Gasteiger partial charge on any atom is -0.364 e. The Morgan fingerprint density at radius 2 is 2.11 bits per heavy atom. The normalized spacial score (nSPS) is 11.3. The molecule has 1 N–H and O–H groups in total. The van der Waals surface area contributed by atoms with E-state index in [2.05, 4.69) is 49.3 Å². The lowest BCUT2D eigenvalue weighted by atomic mass is 10.1. The fourth-order valence-corrected chi connectivity index (χ4v) is 2.22. The van der Waals surface area contributed by atoms with Crippen LogP contribution in [0.25, 0.3) is 0 Å². The van der Waals surface area contributed by atoms with Gasteiger partial charge in [-0.05, 0) is 27.7 Å². The van der Waals surface area contributed by atoms with Crippen LogP contribution >= 0.6 is 0 Å². The summed E-state index contributed by atoms with van der Waals surface area (Å²) in [6.45, 7) is 11.1. The van der Waals surface area contributed by atoms with Gasteiger partial charge in [-0.15, -0.1) is 0 Å². The second kappa shape index (κ2) is 5.47. The van der Waals surface area contributed by atoms with E-state index in [4.69, 9.17) is 4.52 Å². The monoisotopic (exact) mass is 262 g/mol. The third kappa shape index (κ3) is 2.80. The Hall–Kier alpha value is -1.78. The third-order valence-electron chi connectivity index (χ3n) is 3.25. The average molecular weight is 262 g/mol. The molecule has 0 fully saturated rings. The van der Waals surface area contributed by atoms with Crippen molar-refractivity contribution in [2.75, 3.05) is 5.32 Å². The molecular formula is C14H22N4O. The van der Waals surface area contributed by atoms with E-state index in [1.807, 2.05) is 11.6 Å². The molecule has 2 rings (SSSR count). The van der Waals surface area contributed by atoms with Crippen molar-refractivity contribution >= 4 is 5.82 Å². The largest absolute Gasteiger partial charge is 0.364 e. The molecule has 19 heavy (non-hydrogen) atoms. The quantitative estimate of drug-likeness (QED) is 0.898. The molecule has 0 atom stereocenters. The number of hydrogen-bond donors (Lipinski definition) is 1. The molecule has 5 heteroatoms. The van der Waals surface area contributed by atoms with E-state index < -0.39 is 0 Å².